The van der Waals surface area contributed by atoms with Crippen molar-refractivity contribution in [3.8, 4) is 17.2 Å². The van der Waals surface area contributed by atoms with Crippen molar-refractivity contribution in [3.63, 3.8) is 0 Å². The Bertz CT molecular complexity index is 1630. The quantitative estimate of drug-likeness (QED) is 0.398. The van der Waals surface area contributed by atoms with Crippen LogP contribution in [-0.4, -0.2) is 49.7 Å². The van der Waals surface area contributed by atoms with E-state index in [0.717, 1.165) is 11.1 Å². The molecule has 3 aromatic rings. The van der Waals surface area contributed by atoms with E-state index in [1.807, 2.05) is 86.5 Å². The van der Waals surface area contributed by atoms with Crippen LogP contribution in [-0.2, 0) is 15.0 Å². The van der Waals surface area contributed by atoms with Crippen LogP contribution >= 0.6 is 0 Å². The molecule has 1 N–H and O–H groups in total. The molecule has 0 aromatic heterocycles. The third kappa shape index (κ3) is 3.70. The highest BCUT2D eigenvalue weighted by Crippen LogP contribution is 2.62. The van der Waals surface area contributed by atoms with Crippen molar-refractivity contribution < 1.29 is 28.6 Å². The van der Waals surface area contributed by atoms with Crippen LogP contribution in [0.4, 0.5) is 5.69 Å². The molecular weight excluding hydrogens is 532 g/mol. The molecule has 0 bridgehead atoms. The summed E-state index contributed by atoms with van der Waals surface area (Å²) >= 11 is 0. The molecule has 0 unspecified atom stereocenters. The SMILES string of the molecule is COc1cc(C(=O)[C@@H]2[C@H](C(=O)C(C)(C)C)N3C=Cc4ccccc4[C@@H]3[C@]23C(=O)Nc2ccccc23)cc(OC)c1OC. The number of nitrogens with one attached hydrogen (secondary N) is 1. The van der Waals surface area contributed by atoms with Crippen molar-refractivity contribution >= 4 is 29.2 Å². The minimum Gasteiger partial charge on any atom is -0.493 e. The maximum atomic E-state index is 15.1. The Morgan fingerprint density at radius 2 is 1.55 bits per heavy atom. The van der Waals surface area contributed by atoms with E-state index in [2.05, 4.69) is 5.32 Å². The van der Waals surface area contributed by atoms with Crippen LogP contribution in [0.2, 0.25) is 0 Å². The lowest BCUT2D eigenvalue weighted by Gasteiger charge is -2.38. The van der Waals surface area contributed by atoms with Gasteiger partial charge in [-0.05, 0) is 41.0 Å². The summed E-state index contributed by atoms with van der Waals surface area (Å²) < 4.78 is 16.6. The zero-order valence-corrected chi connectivity index (χ0v) is 24.6. The van der Waals surface area contributed by atoms with Crippen LogP contribution in [0.5, 0.6) is 17.2 Å². The number of methoxy groups -OCH3 is 3. The molecule has 1 fully saturated rings. The number of anilines is 1. The Morgan fingerprint density at radius 3 is 2.19 bits per heavy atom. The highest BCUT2D eigenvalue weighted by atomic mass is 16.5. The minimum absolute atomic E-state index is 0.128. The maximum absolute atomic E-state index is 15.1. The largest absolute Gasteiger partial charge is 0.493 e. The van der Waals surface area contributed by atoms with Crippen LogP contribution in [0.25, 0.3) is 6.08 Å². The predicted octanol–water partition coefficient (Wildman–Crippen LogP) is 5.43. The molecule has 6 rings (SSSR count). The van der Waals surface area contributed by atoms with Gasteiger partial charge in [-0.25, -0.2) is 0 Å². The van der Waals surface area contributed by atoms with Crippen LogP contribution in [0.1, 0.15) is 53.9 Å². The Labute approximate surface area is 245 Å². The molecule has 0 radical (unpaired) electrons. The van der Waals surface area contributed by atoms with Crippen LogP contribution < -0.4 is 19.5 Å². The number of carbonyl (C=O) groups is 3. The van der Waals surface area contributed by atoms with E-state index in [1.165, 1.54) is 21.3 Å². The molecule has 0 saturated carbocycles. The van der Waals surface area contributed by atoms with Crippen molar-refractivity contribution in [3.05, 3.63) is 89.1 Å². The standard InChI is InChI=1S/C34H34N2O6/c1-33(2,3)31(38)27-26(28(37)20-17-24(40-4)29(42-6)25(18-20)41-5)34(22-13-9-10-14-23(22)35-32(34)39)30-21-12-8-7-11-19(21)15-16-36(27)30/h7-18,26-27,30H,1-6H3,(H,35,39)/t26-,27+,30+,34+/m0/s1. The molecule has 1 spiro atoms. The summed E-state index contributed by atoms with van der Waals surface area (Å²) in [6.07, 6.45) is 3.83. The Hall–Kier alpha value is -4.59. The van der Waals surface area contributed by atoms with E-state index < -0.39 is 28.8 Å². The van der Waals surface area contributed by atoms with Crippen LogP contribution in [0, 0.1) is 11.3 Å². The molecule has 3 aliphatic heterocycles. The van der Waals surface area contributed by atoms with Gasteiger partial charge in [0.25, 0.3) is 0 Å². The molecule has 0 aliphatic carbocycles. The van der Waals surface area contributed by atoms with Gasteiger partial charge in [0.05, 0.1) is 39.3 Å². The fourth-order valence-electron chi connectivity index (χ4n) is 7.01. The number of ether oxygens (including phenoxy) is 3. The molecule has 3 heterocycles. The topological polar surface area (TPSA) is 94.2 Å². The Morgan fingerprint density at radius 1 is 0.905 bits per heavy atom. The van der Waals surface area contributed by atoms with E-state index in [0.29, 0.717) is 28.5 Å². The summed E-state index contributed by atoms with van der Waals surface area (Å²) in [6, 6.07) is 17.0. The molecule has 1 saturated heterocycles. The molecular formula is C34H34N2O6. The lowest BCUT2D eigenvalue weighted by Crippen LogP contribution is -2.50. The fraction of sp³-hybridized carbons (Fsp3) is 0.324. The Balaban J connectivity index is 1.68. The minimum atomic E-state index is -1.40. The summed E-state index contributed by atoms with van der Waals surface area (Å²) in [5, 5.41) is 3.07. The number of hydrogen-bond acceptors (Lipinski definition) is 7. The maximum Gasteiger partial charge on any atom is 0.238 e. The molecule has 8 nitrogen and oxygen atoms in total. The third-order valence-electron chi connectivity index (χ3n) is 8.81. The summed E-state index contributed by atoms with van der Waals surface area (Å²) in [5.41, 5.74) is 1.23. The van der Waals surface area contributed by atoms with Crippen molar-refractivity contribution in [2.45, 2.75) is 38.3 Å². The molecule has 4 atom stereocenters. The van der Waals surface area contributed by atoms with Gasteiger partial charge in [-0.2, -0.15) is 0 Å². The monoisotopic (exact) mass is 566 g/mol. The van der Waals surface area contributed by atoms with Crippen LogP contribution in [0.15, 0.2) is 66.9 Å². The first-order chi connectivity index (χ1) is 20.1. The lowest BCUT2D eigenvalue weighted by atomic mass is 9.62. The van der Waals surface area contributed by atoms with Crippen LogP contribution in [0.3, 0.4) is 0 Å². The number of nitrogens with zero attached hydrogens (tertiary/aromatic N) is 1. The number of ketones is 2. The van der Waals surface area contributed by atoms with Gasteiger partial charge in [0.1, 0.15) is 5.41 Å². The van der Waals surface area contributed by atoms with Gasteiger partial charge in [0.2, 0.25) is 11.7 Å². The van der Waals surface area contributed by atoms with Crippen molar-refractivity contribution in [2.24, 2.45) is 11.3 Å². The van der Waals surface area contributed by atoms with E-state index in [1.54, 1.807) is 12.1 Å². The summed E-state index contributed by atoms with van der Waals surface area (Å²) in [4.78, 5) is 46.0. The highest BCUT2D eigenvalue weighted by Gasteiger charge is 2.71. The number of para-hydroxylation sites is 1. The van der Waals surface area contributed by atoms with Gasteiger partial charge in [-0.15, -0.1) is 0 Å². The zero-order valence-electron chi connectivity index (χ0n) is 24.6. The zero-order chi connectivity index (χ0) is 30.0. The summed E-state index contributed by atoms with van der Waals surface area (Å²) in [6.45, 7) is 5.54. The summed E-state index contributed by atoms with van der Waals surface area (Å²) in [5.74, 6) is -0.899. The first-order valence-electron chi connectivity index (χ1n) is 13.9. The van der Waals surface area contributed by atoms with Crippen molar-refractivity contribution in [1.82, 2.24) is 4.90 Å². The highest BCUT2D eigenvalue weighted by molar-refractivity contribution is 6.15. The second-order valence-electron chi connectivity index (χ2n) is 12.0. The predicted molar refractivity (Wildman–Crippen MR) is 159 cm³/mol. The molecule has 3 aliphatic rings. The molecule has 1 amide bonds. The number of rotatable bonds is 6. The van der Waals surface area contributed by atoms with Gasteiger partial charge >= 0.3 is 0 Å². The first kappa shape index (κ1) is 27.6. The number of amides is 1. The molecule has 8 heteroatoms. The normalized spacial score (nSPS) is 23.6. The first-order valence-corrected chi connectivity index (χ1v) is 13.9. The Kier molecular flexibility index (Phi) is 6.40. The lowest BCUT2D eigenvalue weighted by molar-refractivity contribution is -0.131. The van der Waals surface area contributed by atoms with Gasteiger partial charge in [0, 0.05) is 22.9 Å². The number of Topliss-reactive ketones (excluding diaryl/α,β-unsaturated/α-hetero) is 2. The number of hydrogen-bond donors (Lipinski definition) is 1. The van der Waals surface area contributed by atoms with Crippen molar-refractivity contribution in [2.75, 3.05) is 26.6 Å². The molecule has 216 valence electrons. The summed E-state index contributed by atoms with van der Waals surface area (Å²) in [7, 11) is 4.46. The van der Waals surface area contributed by atoms with Crippen molar-refractivity contribution in [1.29, 1.82) is 0 Å². The smallest absolute Gasteiger partial charge is 0.238 e. The number of carbonyl (C=O) groups excluding carboxylic acids is 3. The molecule has 3 aromatic carbocycles. The van der Waals surface area contributed by atoms with E-state index in [9.17, 15) is 9.59 Å². The third-order valence-corrected chi connectivity index (χ3v) is 8.81. The fourth-order valence-corrected chi connectivity index (χ4v) is 7.01. The van der Waals surface area contributed by atoms with Gasteiger partial charge in [-0.1, -0.05) is 63.2 Å². The number of benzene rings is 3. The van der Waals surface area contributed by atoms with Gasteiger partial charge in [-0.3, -0.25) is 14.4 Å². The van der Waals surface area contributed by atoms with Gasteiger partial charge < -0.3 is 24.4 Å². The van der Waals surface area contributed by atoms with E-state index in [4.69, 9.17) is 14.2 Å². The number of fused-ring (bicyclic) bond motifs is 6. The average molecular weight is 567 g/mol. The van der Waals surface area contributed by atoms with Gasteiger partial charge in [0.15, 0.2) is 23.1 Å². The second-order valence-corrected chi connectivity index (χ2v) is 12.0. The second kappa shape index (κ2) is 9.76. The van der Waals surface area contributed by atoms with E-state index in [-0.39, 0.29) is 23.0 Å². The molecule has 42 heavy (non-hydrogen) atoms. The van der Waals surface area contributed by atoms with E-state index >= 15 is 4.79 Å². The average Bonchev–Trinajstić information content (AvgIpc) is 3.47.